The Balaban J connectivity index is 2.31. The van der Waals surface area contributed by atoms with E-state index in [1.54, 1.807) is 19.3 Å². The Morgan fingerprint density at radius 1 is 1.50 bits per heavy atom. The van der Waals surface area contributed by atoms with Crippen molar-refractivity contribution < 1.29 is 9.32 Å². The number of hydrogen-bond acceptors (Lipinski definition) is 5. The highest BCUT2D eigenvalue weighted by Crippen LogP contribution is 2.22. The summed E-state index contributed by atoms with van der Waals surface area (Å²) in [6, 6.07) is 1.88. The van der Waals surface area contributed by atoms with Crippen LogP contribution in [0.3, 0.4) is 0 Å². The standard InChI is InChI=1S/C13H15N3O2/c1-4-11(17)9(3)13-15-12(16-18-13)10-7-14-6-5-8(10)2/h5-7,9H,4H2,1-3H3. The van der Waals surface area contributed by atoms with Gasteiger partial charge in [0, 0.05) is 24.4 Å². The quantitative estimate of drug-likeness (QED) is 0.827. The second kappa shape index (κ2) is 5.08. The van der Waals surface area contributed by atoms with Crippen LogP contribution in [0.15, 0.2) is 23.0 Å². The molecule has 5 heteroatoms. The van der Waals surface area contributed by atoms with Gasteiger partial charge in [-0.1, -0.05) is 12.1 Å². The van der Waals surface area contributed by atoms with Crippen molar-refractivity contribution >= 4 is 5.78 Å². The zero-order valence-corrected chi connectivity index (χ0v) is 10.7. The largest absolute Gasteiger partial charge is 0.338 e. The summed E-state index contributed by atoms with van der Waals surface area (Å²) in [7, 11) is 0. The molecular weight excluding hydrogens is 230 g/mol. The molecule has 0 bridgehead atoms. The van der Waals surface area contributed by atoms with Crippen molar-refractivity contribution in [1.29, 1.82) is 0 Å². The molecular formula is C13H15N3O2. The van der Waals surface area contributed by atoms with Crippen molar-refractivity contribution in [2.75, 3.05) is 0 Å². The summed E-state index contributed by atoms with van der Waals surface area (Å²) in [5.74, 6) is 0.577. The number of Topliss-reactive ketones (excluding diaryl/α,β-unsaturated/α-hetero) is 1. The normalized spacial score (nSPS) is 12.4. The van der Waals surface area contributed by atoms with Crippen molar-refractivity contribution in [2.45, 2.75) is 33.1 Å². The lowest BCUT2D eigenvalue weighted by atomic mass is 10.1. The number of rotatable bonds is 4. The van der Waals surface area contributed by atoms with Gasteiger partial charge in [0.25, 0.3) is 0 Å². The van der Waals surface area contributed by atoms with Crippen LogP contribution in [0, 0.1) is 6.92 Å². The van der Waals surface area contributed by atoms with Crippen LogP contribution in [0.5, 0.6) is 0 Å². The first-order valence-electron chi connectivity index (χ1n) is 5.90. The molecule has 0 fully saturated rings. The van der Waals surface area contributed by atoms with Gasteiger partial charge < -0.3 is 4.52 Å². The Morgan fingerprint density at radius 2 is 2.28 bits per heavy atom. The first-order chi connectivity index (χ1) is 8.63. The van der Waals surface area contributed by atoms with E-state index in [9.17, 15) is 4.79 Å². The van der Waals surface area contributed by atoms with E-state index in [4.69, 9.17) is 4.52 Å². The average molecular weight is 245 g/mol. The van der Waals surface area contributed by atoms with E-state index in [-0.39, 0.29) is 11.7 Å². The van der Waals surface area contributed by atoms with Gasteiger partial charge in [0.2, 0.25) is 11.7 Å². The fourth-order valence-corrected chi connectivity index (χ4v) is 1.66. The second-order valence-corrected chi connectivity index (χ2v) is 4.19. The van der Waals surface area contributed by atoms with Crippen LogP contribution in [-0.4, -0.2) is 20.9 Å². The molecule has 0 aromatic carbocycles. The van der Waals surface area contributed by atoms with Gasteiger partial charge in [0.1, 0.15) is 5.78 Å². The van der Waals surface area contributed by atoms with Gasteiger partial charge in [-0.05, 0) is 25.5 Å². The van der Waals surface area contributed by atoms with Gasteiger partial charge in [0.15, 0.2) is 0 Å². The average Bonchev–Trinajstić information content (AvgIpc) is 2.87. The number of pyridine rings is 1. The number of nitrogens with zero attached hydrogens (tertiary/aromatic N) is 3. The number of hydrogen-bond donors (Lipinski definition) is 0. The van der Waals surface area contributed by atoms with Crippen LogP contribution in [0.1, 0.15) is 37.6 Å². The maximum atomic E-state index is 11.6. The van der Waals surface area contributed by atoms with E-state index in [0.717, 1.165) is 11.1 Å². The van der Waals surface area contributed by atoms with Gasteiger partial charge in [0.05, 0.1) is 5.92 Å². The maximum Gasteiger partial charge on any atom is 0.237 e. The molecule has 1 unspecified atom stereocenters. The molecule has 5 nitrogen and oxygen atoms in total. The van der Waals surface area contributed by atoms with E-state index in [2.05, 4.69) is 15.1 Å². The summed E-state index contributed by atoms with van der Waals surface area (Å²) < 4.78 is 5.15. The first kappa shape index (κ1) is 12.4. The van der Waals surface area contributed by atoms with Crippen molar-refractivity contribution in [3.05, 3.63) is 29.9 Å². The molecule has 94 valence electrons. The van der Waals surface area contributed by atoms with E-state index in [1.807, 2.05) is 19.9 Å². The highest BCUT2D eigenvalue weighted by molar-refractivity contribution is 5.84. The van der Waals surface area contributed by atoms with Gasteiger partial charge in [-0.25, -0.2) is 0 Å². The molecule has 1 atom stereocenters. The fourth-order valence-electron chi connectivity index (χ4n) is 1.66. The number of carbonyl (C=O) groups excluding carboxylic acids is 1. The minimum Gasteiger partial charge on any atom is -0.338 e. The fraction of sp³-hybridized carbons (Fsp3) is 0.385. The highest BCUT2D eigenvalue weighted by atomic mass is 16.5. The highest BCUT2D eigenvalue weighted by Gasteiger charge is 2.21. The molecule has 0 radical (unpaired) electrons. The third-order valence-corrected chi connectivity index (χ3v) is 2.92. The minimum absolute atomic E-state index is 0.0908. The Kier molecular flexibility index (Phi) is 3.50. The smallest absolute Gasteiger partial charge is 0.237 e. The van der Waals surface area contributed by atoms with E-state index >= 15 is 0 Å². The monoisotopic (exact) mass is 245 g/mol. The molecule has 0 N–H and O–H groups in total. The topological polar surface area (TPSA) is 68.9 Å². The summed E-state index contributed by atoms with van der Waals surface area (Å²) in [4.78, 5) is 19.9. The Hall–Kier alpha value is -2.04. The third-order valence-electron chi connectivity index (χ3n) is 2.92. The van der Waals surface area contributed by atoms with Gasteiger partial charge in [-0.15, -0.1) is 0 Å². The summed E-state index contributed by atoms with van der Waals surface area (Å²) in [6.07, 6.45) is 3.87. The van der Waals surface area contributed by atoms with Crippen LogP contribution in [0.2, 0.25) is 0 Å². The SMILES string of the molecule is CCC(=O)C(C)c1nc(-c2cnccc2C)no1. The molecule has 0 aliphatic heterocycles. The van der Waals surface area contributed by atoms with Crippen molar-refractivity contribution in [1.82, 2.24) is 15.1 Å². The Labute approximate surface area is 105 Å². The predicted molar refractivity (Wildman–Crippen MR) is 66.0 cm³/mol. The zero-order valence-electron chi connectivity index (χ0n) is 10.7. The molecule has 0 amide bonds. The summed E-state index contributed by atoms with van der Waals surface area (Å²) >= 11 is 0. The molecule has 2 heterocycles. The molecule has 0 spiro atoms. The zero-order chi connectivity index (χ0) is 13.1. The molecule has 2 aromatic rings. The molecule has 0 aliphatic carbocycles. The maximum absolute atomic E-state index is 11.6. The van der Waals surface area contributed by atoms with Gasteiger partial charge >= 0.3 is 0 Å². The van der Waals surface area contributed by atoms with Crippen LogP contribution in [-0.2, 0) is 4.79 Å². The Bertz CT molecular complexity index is 563. The molecule has 18 heavy (non-hydrogen) atoms. The summed E-state index contributed by atoms with van der Waals surface area (Å²) in [5.41, 5.74) is 1.84. The van der Waals surface area contributed by atoms with Crippen LogP contribution >= 0.6 is 0 Å². The van der Waals surface area contributed by atoms with Gasteiger partial charge in [-0.3, -0.25) is 9.78 Å². The lowest BCUT2D eigenvalue weighted by Gasteiger charge is -2.01. The van der Waals surface area contributed by atoms with Crippen molar-refractivity contribution in [3.63, 3.8) is 0 Å². The third kappa shape index (κ3) is 2.30. The lowest BCUT2D eigenvalue weighted by molar-refractivity contribution is -0.120. The molecule has 2 aromatic heterocycles. The van der Waals surface area contributed by atoms with Crippen molar-refractivity contribution in [3.8, 4) is 11.4 Å². The molecule has 0 aliphatic rings. The number of aryl methyl sites for hydroxylation is 1. The minimum atomic E-state index is -0.353. The number of aromatic nitrogens is 3. The predicted octanol–water partition coefficient (Wildman–Crippen LogP) is 2.52. The van der Waals surface area contributed by atoms with Crippen LogP contribution < -0.4 is 0 Å². The van der Waals surface area contributed by atoms with Crippen LogP contribution in [0.25, 0.3) is 11.4 Å². The van der Waals surface area contributed by atoms with Crippen LogP contribution in [0.4, 0.5) is 0 Å². The second-order valence-electron chi connectivity index (χ2n) is 4.19. The van der Waals surface area contributed by atoms with Gasteiger partial charge in [-0.2, -0.15) is 4.98 Å². The van der Waals surface area contributed by atoms with E-state index < -0.39 is 0 Å². The van der Waals surface area contributed by atoms with E-state index in [0.29, 0.717) is 18.1 Å². The molecule has 2 rings (SSSR count). The number of carbonyl (C=O) groups is 1. The molecule has 0 saturated heterocycles. The van der Waals surface area contributed by atoms with Crippen molar-refractivity contribution in [2.24, 2.45) is 0 Å². The van der Waals surface area contributed by atoms with E-state index in [1.165, 1.54) is 0 Å². The summed E-state index contributed by atoms with van der Waals surface area (Å²) in [5, 5.41) is 3.91. The Morgan fingerprint density at radius 3 is 2.94 bits per heavy atom. The number of ketones is 1. The first-order valence-corrected chi connectivity index (χ1v) is 5.90. The summed E-state index contributed by atoms with van der Waals surface area (Å²) in [6.45, 7) is 5.55. The molecule has 0 saturated carbocycles. The lowest BCUT2D eigenvalue weighted by Crippen LogP contribution is -2.07.